The number of fused-ring (bicyclic) bond motifs is 1. The summed E-state index contributed by atoms with van der Waals surface area (Å²) in [5, 5.41) is 4.31. The number of carbonyl (C=O) groups is 1. The number of nitrogens with two attached hydrogens (primary N) is 1. The smallest absolute Gasteiger partial charge is 0.224 e. The molecule has 1 aliphatic carbocycles. The lowest BCUT2D eigenvalue weighted by molar-refractivity contribution is -0.122. The Hall–Kier alpha value is -3.14. The van der Waals surface area contributed by atoms with Crippen LogP contribution in [0.25, 0.3) is 16.7 Å². The van der Waals surface area contributed by atoms with Crippen molar-refractivity contribution in [3.63, 3.8) is 0 Å². The molecular formula is C23H29N5O4S. The first kappa shape index (κ1) is 23.0. The highest BCUT2D eigenvalue weighted by Gasteiger charge is 2.25. The number of ether oxygens (including phenoxy) is 1. The zero-order valence-corrected chi connectivity index (χ0v) is 19.4. The Morgan fingerprint density at radius 2 is 2.00 bits per heavy atom. The molecule has 1 aromatic carbocycles. The number of anilines is 1. The Morgan fingerprint density at radius 3 is 2.73 bits per heavy atom. The number of sulfone groups is 1. The average molecular weight is 472 g/mol. The average Bonchev–Trinajstić information content (AvgIpc) is 3.22. The second-order valence-corrected chi connectivity index (χ2v) is 10.8. The molecule has 0 saturated heterocycles. The second-order valence-electron chi connectivity index (χ2n) is 8.54. The monoisotopic (exact) mass is 471 g/mol. The van der Waals surface area contributed by atoms with E-state index in [4.69, 9.17) is 10.5 Å². The van der Waals surface area contributed by atoms with Crippen molar-refractivity contribution < 1.29 is 17.9 Å². The summed E-state index contributed by atoms with van der Waals surface area (Å²) in [6, 6.07) is 9.78. The molecule has 0 radical (unpaired) electrons. The summed E-state index contributed by atoms with van der Waals surface area (Å²) in [6.07, 6.45) is 8.59. The molecule has 2 heterocycles. The maximum Gasteiger partial charge on any atom is 0.224 e. The molecule has 1 amide bonds. The van der Waals surface area contributed by atoms with E-state index in [-0.39, 0.29) is 23.6 Å². The lowest BCUT2D eigenvalue weighted by Crippen LogP contribution is -2.32. The molecule has 3 aromatic rings. The van der Waals surface area contributed by atoms with Gasteiger partial charge in [-0.25, -0.2) is 13.4 Å². The van der Waals surface area contributed by atoms with Gasteiger partial charge in [-0.1, -0.05) is 6.07 Å². The number of hydrogen-bond acceptors (Lipinski definition) is 7. The van der Waals surface area contributed by atoms with E-state index >= 15 is 0 Å². The maximum atomic E-state index is 11.4. The van der Waals surface area contributed by atoms with E-state index in [1.54, 1.807) is 6.20 Å². The van der Waals surface area contributed by atoms with E-state index in [9.17, 15) is 13.2 Å². The van der Waals surface area contributed by atoms with Gasteiger partial charge >= 0.3 is 0 Å². The van der Waals surface area contributed by atoms with Crippen LogP contribution in [0.15, 0.2) is 42.7 Å². The third-order valence-corrected chi connectivity index (χ3v) is 6.99. The molecule has 0 spiro atoms. The summed E-state index contributed by atoms with van der Waals surface area (Å²) < 4.78 is 30.5. The summed E-state index contributed by atoms with van der Waals surface area (Å²) in [7, 11) is -3.00. The zero-order chi connectivity index (χ0) is 23.4. The number of benzene rings is 1. The van der Waals surface area contributed by atoms with Crippen LogP contribution in [0.1, 0.15) is 32.1 Å². The van der Waals surface area contributed by atoms with Crippen molar-refractivity contribution in [3.05, 3.63) is 42.7 Å². The molecule has 2 aromatic heterocycles. The van der Waals surface area contributed by atoms with Crippen molar-refractivity contribution in [3.8, 4) is 11.6 Å². The van der Waals surface area contributed by atoms with Crippen molar-refractivity contribution in [2.75, 3.05) is 23.9 Å². The van der Waals surface area contributed by atoms with E-state index in [0.717, 1.165) is 42.4 Å². The number of rotatable bonds is 9. The Balaban J connectivity index is 1.46. The topological polar surface area (TPSA) is 129 Å². The molecule has 9 nitrogen and oxygen atoms in total. The van der Waals surface area contributed by atoms with Crippen LogP contribution in [0, 0.1) is 5.92 Å². The third kappa shape index (κ3) is 5.81. The molecule has 33 heavy (non-hydrogen) atoms. The first-order valence-corrected chi connectivity index (χ1v) is 13.2. The number of hydrogen-bond donors (Lipinski definition) is 2. The van der Waals surface area contributed by atoms with Crippen molar-refractivity contribution >= 4 is 32.6 Å². The summed E-state index contributed by atoms with van der Waals surface area (Å²) in [4.78, 5) is 20.4. The molecule has 0 atom stereocenters. The first-order chi connectivity index (χ1) is 15.8. The molecule has 1 saturated carbocycles. The lowest BCUT2D eigenvalue weighted by Gasteiger charge is -2.27. The van der Waals surface area contributed by atoms with Gasteiger partial charge in [-0.05, 0) is 56.4 Å². The summed E-state index contributed by atoms with van der Waals surface area (Å²) in [5.41, 5.74) is 6.36. The Kier molecular flexibility index (Phi) is 6.83. The number of nitrogens with zero attached hydrogens (tertiary/aromatic N) is 3. The van der Waals surface area contributed by atoms with Crippen LogP contribution in [-0.2, 0) is 14.6 Å². The molecule has 176 valence electrons. The van der Waals surface area contributed by atoms with Gasteiger partial charge in [-0.2, -0.15) is 4.98 Å². The number of amides is 1. The predicted octanol–water partition coefficient (Wildman–Crippen LogP) is 2.69. The van der Waals surface area contributed by atoms with Crippen LogP contribution in [0.3, 0.4) is 0 Å². The largest absolute Gasteiger partial charge is 0.493 e. The Labute approximate surface area is 193 Å². The number of primary amides is 1. The van der Waals surface area contributed by atoms with Crippen LogP contribution < -0.4 is 15.8 Å². The highest BCUT2D eigenvalue weighted by molar-refractivity contribution is 7.90. The summed E-state index contributed by atoms with van der Waals surface area (Å²) >= 11 is 0. The summed E-state index contributed by atoms with van der Waals surface area (Å²) in [5.74, 6) is 1.82. The fourth-order valence-electron chi connectivity index (χ4n) is 4.23. The van der Waals surface area contributed by atoms with Gasteiger partial charge in [0.15, 0.2) is 0 Å². The fourth-order valence-corrected chi connectivity index (χ4v) is 4.87. The zero-order valence-electron chi connectivity index (χ0n) is 18.6. The molecule has 0 aliphatic heterocycles. The predicted molar refractivity (Wildman–Crippen MR) is 127 cm³/mol. The molecular weight excluding hydrogens is 442 g/mol. The maximum absolute atomic E-state index is 11.4. The molecule has 0 unspecified atom stereocenters. The van der Waals surface area contributed by atoms with Gasteiger partial charge in [0.05, 0.1) is 17.9 Å². The number of carbonyl (C=O) groups excluding carboxylic acids is 1. The Morgan fingerprint density at radius 1 is 1.21 bits per heavy atom. The minimum absolute atomic E-state index is 0.0377. The molecule has 4 rings (SSSR count). The minimum atomic E-state index is -3.00. The second kappa shape index (κ2) is 9.78. The van der Waals surface area contributed by atoms with Crippen LogP contribution >= 0.6 is 0 Å². The van der Waals surface area contributed by atoms with Crippen LogP contribution in [0.5, 0.6) is 5.75 Å². The molecule has 1 aliphatic rings. The highest BCUT2D eigenvalue weighted by atomic mass is 32.2. The van der Waals surface area contributed by atoms with Gasteiger partial charge in [-0.15, -0.1) is 0 Å². The van der Waals surface area contributed by atoms with Gasteiger partial charge in [-0.3, -0.25) is 4.79 Å². The van der Waals surface area contributed by atoms with E-state index < -0.39 is 9.84 Å². The molecule has 3 N–H and O–H groups in total. The van der Waals surface area contributed by atoms with E-state index in [1.165, 1.54) is 6.26 Å². The Bertz CT molecular complexity index is 1230. The number of aromatic nitrogens is 3. The van der Waals surface area contributed by atoms with Crippen molar-refractivity contribution in [1.82, 2.24) is 14.5 Å². The van der Waals surface area contributed by atoms with Crippen LogP contribution in [0.2, 0.25) is 0 Å². The summed E-state index contributed by atoms with van der Waals surface area (Å²) in [6.45, 7) is 0.330. The van der Waals surface area contributed by atoms with Gasteiger partial charge in [0.1, 0.15) is 21.4 Å². The molecule has 10 heteroatoms. The number of nitrogens with one attached hydrogen (secondary N) is 1. The van der Waals surface area contributed by atoms with E-state index in [0.29, 0.717) is 24.7 Å². The van der Waals surface area contributed by atoms with Gasteiger partial charge in [0.2, 0.25) is 11.9 Å². The van der Waals surface area contributed by atoms with E-state index in [2.05, 4.69) is 15.3 Å². The van der Waals surface area contributed by atoms with Crippen LogP contribution in [0.4, 0.5) is 5.95 Å². The fraction of sp³-hybridized carbons (Fsp3) is 0.435. The lowest BCUT2D eigenvalue weighted by atomic mass is 9.86. The minimum Gasteiger partial charge on any atom is -0.493 e. The van der Waals surface area contributed by atoms with Gasteiger partial charge in [0.25, 0.3) is 0 Å². The highest BCUT2D eigenvalue weighted by Crippen LogP contribution is 2.29. The third-order valence-electron chi connectivity index (χ3n) is 5.96. The first-order valence-electron chi connectivity index (χ1n) is 11.1. The van der Waals surface area contributed by atoms with Gasteiger partial charge < -0.3 is 20.4 Å². The molecule has 0 bridgehead atoms. The quantitative estimate of drug-likeness (QED) is 0.459. The van der Waals surface area contributed by atoms with E-state index in [1.807, 2.05) is 41.1 Å². The normalized spacial score (nSPS) is 18.8. The van der Waals surface area contributed by atoms with Crippen LogP contribution in [-0.4, -0.2) is 53.5 Å². The standard InChI is InChI=1S/C23H29N5O4S/c1-33(30,31)15-3-14-32-20-5-2-4-19-18(20)11-13-28(19)21-10-12-25-23(27-21)26-17-8-6-16(7-9-17)22(24)29/h2,4-5,10-13,16-17H,3,6-9,14-15H2,1H3,(H2,24,29)(H,25,26,27). The van der Waals surface area contributed by atoms with Crippen molar-refractivity contribution in [2.45, 2.75) is 38.1 Å². The SMILES string of the molecule is CS(=O)(=O)CCCOc1cccc2c1ccn2-c1ccnc(NC2CCC(C(N)=O)CC2)n1. The van der Waals surface area contributed by atoms with Crippen molar-refractivity contribution in [1.29, 1.82) is 0 Å². The van der Waals surface area contributed by atoms with Gasteiger partial charge in [0, 0.05) is 36.0 Å². The van der Waals surface area contributed by atoms with Crippen molar-refractivity contribution in [2.24, 2.45) is 11.7 Å². The molecule has 1 fully saturated rings.